The lowest BCUT2D eigenvalue weighted by Crippen LogP contribution is -2.33. The highest BCUT2D eigenvalue weighted by Gasteiger charge is 2.08. The fraction of sp³-hybridized carbons (Fsp3) is 0.200. The monoisotopic (exact) mass is 288 g/mol. The summed E-state index contributed by atoms with van der Waals surface area (Å²) in [5, 5.41) is 14.4. The molecule has 0 saturated carbocycles. The van der Waals surface area contributed by atoms with E-state index in [0.29, 0.717) is 18.8 Å². The van der Waals surface area contributed by atoms with E-state index in [2.05, 4.69) is 10.6 Å². The van der Waals surface area contributed by atoms with Gasteiger partial charge in [0.2, 0.25) is 5.91 Å². The predicted molar refractivity (Wildman–Crippen MR) is 75.7 cm³/mol. The molecule has 21 heavy (non-hydrogen) atoms. The van der Waals surface area contributed by atoms with Gasteiger partial charge in [0.1, 0.15) is 12.0 Å². The Morgan fingerprint density at radius 2 is 1.90 bits per heavy atom. The first-order valence-corrected chi connectivity index (χ1v) is 6.47. The second kappa shape index (κ2) is 7.25. The summed E-state index contributed by atoms with van der Waals surface area (Å²) in [6, 6.07) is 11.0. The van der Waals surface area contributed by atoms with Crippen LogP contribution in [0.4, 0.5) is 0 Å². The molecule has 6 nitrogen and oxygen atoms in total. The highest BCUT2D eigenvalue weighted by Crippen LogP contribution is 2.07. The largest absolute Gasteiger partial charge is 0.478 e. The van der Waals surface area contributed by atoms with E-state index in [1.54, 1.807) is 0 Å². The molecule has 1 heterocycles. The van der Waals surface area contributed by atoms with Crippen molar-refractivity contribution >= 4 is 11.9 Å². The third-order valence-corrected chi connectivity index (χ3v) is 2.82. The second-order valence-electron chi connectivity index (χ2n) is 4.47. The van der Waals surface area contributed by atoms with Crippen LogP contribution < -0.4 is 10.6 Å². The molecular weight excluding hydrogens is 272 g/mol. The summed E-state index contributed by atoms with van der Waals surface area (Å²) in [4.78, 5) is 22.3. The fourth-order valence-electron chi connectivity index (χ4n) is 1.74. The van der Waals surface area contributed by atoms with Crippen molar-refractivity contribution in [3.05, 3.63) is 59.5 Å². The van der Waals surface area contributed by atoms with Crippen molar-refractivity contribution in [2.75, 3.05) is 6.54 Å². The lowest BCUT2D eigenvalue weighted by Gasteiger charge is -2.05. The topological polar surface area (TPSA) is 91.6 Å². The lowest BCUT2D eigenvalue weighted by atomic mass is 10.2. The molecule has 0 spiro atoms. The van der Waals surface area contributed by atoms with Gasteiger partial charge in [-0.05, 0) is 11.6 Å². The van der Waals surface area contributed by atoms with Gasteiger partial charge in [-0.1, -0.05) is 30.3 Å². The molecule has 0 bridgehead atoms. The first-order valence-electron chi connectivity index (χ1n) is 6.47. The van der Waals surface area contributed by atoms with Gasteiger partial charge >= 0.3 is 5.97 Å². The minimum atomic E-state index is -1.04. The Bertz CT molecular complexity index is 607. The van der Waals surface area contributed by atoms with E-state index in [0.717, 1.165) is 5.56 Å². The molecule has 0 saturated heterocycles. The molecule has 2 rings (SSSR count). The van der Waals surface area contributed by atoms with Gasteiger partial charge in [-0.2, -0.15) is 0 Å². The molecule has 0 atom stereocenters. The quantitative estimate of drug-likeness (QED) is 0.716. The van der Waals surface area contributed by atoms with Gasteiger partial charge in [-0.25, -0.2) is 4.79 Å². The summed E-state index contributed by atoms with van der Waals surface area (Å²) in [6.07, 6.45) is 1.18. The molecule has 2 aromatic rings. The minimum Gasteiger partial charge on any atom is -0.478 e. The van der Waals surface area contributed by atoms with Crippen molar-refractivity contribution < 1.29 is 19.1 Å². The van der Waals surface area contributed by atoms with Crippen molar-refractivity contribution in [3.63, 3.8) is 0 Å². The van der Waals surface area contributed by atoms with E-state index in [1.165, 1.54) is 12.3 Å². The summed E-state index contributed by atoms with van der Waals surface area (Å²) in [6.45, 7) is 0.910. The van der Waals surface area contributed by atoms with Crippen molar-refractivity contribution in [1.82, 2.24) is 10.6 Å². The van der Waals surface area contributed by atoms with Crippen LogP contribution in [0.3, 0.4) is 0 Å². The third kappa shape index (κ3) is 4.77. The van der Waals surface area contributed by atoms with Gasteiger partial charge in [-0.15, -0.1) is 0 Å². The number of furan rings is 1. The molecule has 0 aliphatic rings. The third-order valence-electron chi connectivity index (χ3n) is 2.82. The van der Waals surface area contributed by atoms with E-state index in [1.807, 2.05) is 30.3 Å². The number of hydrogen-bond donors (Lipinski definition) is 3. The summed E-state index contributed by atoms with van der Waals surface area (Å²) >= 11 is 0. The first-order chi connectivity index (χ1) is 10.1. The number of carboxylic acid groups (broad SMARTS) is 1. The van der Waals surface area contributed by atoms with Crippen molar-refractivity contribution in [2.24, 2.45) is 0 Å². The average Bonchev–Trinajstić information content (AvgIpc) is 2.95. The maximum absolute atomic E-state index is 11.6. The molecule has 1 aromatic heterocycles. The van der Waals surface area contributed by atoms with Gasteiger partial charge in [0, 0.05) is 6.54 Å². The standard InChI is InChI=1S/C15H16N2O4/c18-14(17-7-11-4-2-1-3-5-11)9-16-8-13-6-12(10-21-13)15(19)20/h1-6,10,16H,7-9H2,(H,17,18)(H,19,20). The lowest BCUT2D eigenvalue weighted by molar-refractivity contribution is -0.120. The molecule has 6 heteroatoms. The molecule has 0 radical (unpaired) electrons. The Morgan fingerprint density at radius 3 is 2.57 bits per heavy atom. The van der Waals surface area contributed by atoms with E-state index in [4.69, 9.17) is 9.52 Å². The SMILES string of the molecule is O=C(CNCc1cc(C(=O)O)co1)NCc1ccccc1. The van der Waals surface area contributed by atoms with Gasteiger partial charge in [0.25, 0.3) is 0 Å². The number of nitrogens with one attached hydrogen (secondary N) is 2. The highest BCUT2D eigenvalue weighted by molar-refractivity contribution is 5.87. The first kappa shape index (κ1) is 14.8. The van der Waals surface area contributed by atoms with E-state index < -0.39 is 5.97 Å². The Morgan fingerprint density at radius 1 is 1.14 bits per heavy atom. The van der Waals surface area contributed by atoms with Crippen LogP contribution in [0, 0.1) is 0 Å². The minimum absolute atomic E-state index is 0.0975. The van der Waals surface area contributed by atoms with E-state index >= 15 is 0 Å². The van der Waals surface area contributed by atoms with Crippen molar-refractivity contribution in [3.8, 4) is 0 Å². The molecule has 3 N–H and O–H groups in total. The molecule has 0 aliphatic heterocycles. The number of rotatable bonds is 7. The molecule has 1 aromatic carbocycles. The van der Waals surface area contributed by atoms with Crippen LogP contribution in [-0.4, -0.2) is 23.5 Å². The van der Waals surface area contributed by atoms with E-state index in [9.17, 15) is 9.59 Å². The van der Waals surface area contributed by atoms with Crippen molar-refractivity contribution in [2.45, 2.75) is 13.1 Å². The number of carbonyl (C=O) groups is 2. The number of amides is 1. The Hall–Kier alpha value is -2.60. The number of hydrogen-bond acceptors (Lipinski definition) is 4. The molecule has 110 valence electrons. The van der Waals surface area contributed by atoms with Gasteiger partial charge in [0.05, 0.1) is 18.7 Å². The average molecular weight is 288 g/mol. The van der Waals surface area contributed by atoms with Crippen LogP contribution in [-0.2, 0) is 17.9 Å². The number of carboxylic acids is 1. The van der Waals surface area contributed by atoms with Gasteiger partial charge in [0.15, 0.2) is 0 Å². The summed E-state index contributed by atoms with van der Waals surface area (Å²) in [5.41, 5.74) is 1.13. The maximum atomic E-state index is 11.6. The maximum Gasteiger partial charge on any atom is 0.338 e. The predicted octanol–water partition coefficient (Wildman–Crippen LogP) is 1.38. The smallest absolute Gasteiger partial charge is 0.338 e. The van der Waals surface area contributed by atoms with Crippen LogP contribution in [0.2, 0.25) is 0 Å². The van der Waals surface area contributed by atoms with Crippen LogP contribution >= 0.6 is 0 Å². The Labute approximate surface area is 121 Å². The summed E-state index contributed by atoms with van der Waals surface area (Å²) in [7, 11) is 0. The normalized spacial score (nSPS) is 10.3. The highest BCUT2D eigenvalue weighted by atomic mass is 16.4. The van der Waals surface area contributed by atoms with Crippen LogP contribution in [0.25, 0.3) is 0 Å². The van der Waals surface area contributed by atoms with Crippen LogP contribution in [0.15, 0.2) is 47.1 Å². The summed E-state index contributed by atoms with van der Waals surface area (Å²) in [5.74, 6) is -0.697. The zero-order valence-electron chi connectivity index (χ0n) is 11.3. The van der Waals surface area contributed by atoms with Crippen LogP contribution in [0.1, 0.15) is 21.7 Å². The second-order valence-corrected chi connectivity index (χ2v) is 4.47. The Balaban J connectivity index is 1.68. The molecule has 1 amide bonds. The number of aromatic carboxylic acids is 1. The zero-order valence-corrected chi connectivity index (χ0v) is 11.3. The fourth-order valence-corrected chi connectivity index (χ4v) is 1.74. The number of benzene rings is 1. The molecular formula is C15H16N2O4. The molecule has 0 fully saturated rings. The zero-order chi connectivity index (χ0) is 15.1. The van der Waals surface area contributed by atoms with Gasteiger partial charge in [-0.3, -0.25) is 4.79 Å². The Kier molecular flexibility index (Phi) is 5.11. The van der Waals surface area contributed by atoms with E-state index in [-0.39, 0.29) is 18.0 Å². The van der Waals surface area contributed by atoms with Crippen LogP contribution in [0.5, 0.6) is 0 Å². The molecule has 0 unspecified atom stereocenters. The molecule has 0 aliphatic carbocycles. The number of carbonyl (C=O) groups excluding carboxylic acids is 1. The van der Waals surface area contributed by atoms with Gasteiger partial charge < -0.3 is 20.2 Å². The summed E-state index contributed by atoms with van der Waals surface area (Å²) < 4.78 is 5.06. The van der Waals surface area contributed by atoms with Crippen molar-refractivity contribution in [1.29, 1.82) is 0 Å².